The molecule has 2 aromatic carbocycles. The third-order valence-electron chi connectivity index (χ3n) is 8.10. The van der Waals surface area contributed by atoms with Gasteiger partial charge in [-0.05, 0) is 34.9 Å². The summed E-state index contributed by atoms with van der Waals surface area (Å²) < 4.78 is 40.7. The molecule has 236 valence electrons. The number of hydrogen-bond donors (Lipinski definition) is 0. The van der Waals surface area contributed by atoms with Crippen molar-refractivity contribution in [2.24, 2.45) is 0 Å². The van der Waals surface area contributed by atoms with Crippen molar-refractivity contribution >= 4 is 34.4 Å². The molecule has 0 amide bonds. The number of hydrogen-bond acceptors (Lipinski definition) is 9. The third-order valence-corrected chi connectivity index (χ3v) is 8.48. The fraction of sp³-hybridized carbons (Fsp3) is 0.467. The van der Waals surface area contributed by atoms with Crippen molar-refractivity contribution in [2.45, 2.75) is 31.8 Å². The molecule has 0 N–H and O–H groups in total. The van der Waals surface area contributed by atoms with Crippen LogP contribution in [0.2, 0.25) is 0 Å². The predicted molar refractivity (Wildman–Crippen MR) is 156 cm³/mol. The molecular weight excluding hydrogens is 625 g/mol. The van der Waals surface area contributed by atoms with Crippen molar-refractivity contribution < 1.29 is 59.6 Å². The molecule has 2 aliphatic heterocycles. The second-order valence-electron chi connectivity index (χ2n) is 10.1. The quantitative estimate of drug-likeness (QED) is 0.111. The van der Waals surface area contributed by atoms with Crippen LogP contribution in [-0.2, 0) is 33.7 Å². The molecular formula is C30H36Cl3NO9. The lowest BCUT2D eigenvalue weighted by atomic mass is 9.80. The van der Waals surface area contributed by atoms with Gasteiger partial charge < -0.3 is 50.0 Å². The second-order valence-corrected chi connectivity index (χ2v) is 10.9. The smallest absolute Gasteiger partial charge is 0.349 e. The van der Waals surface area contributed by atoms with Crippen molar-refractivity contribution in [3.63, 3.8) is 0 Å². The van der Waals surface area contributed by atoms with E-state index < -0.39 is 11.2 Å². The predicted octanol–water partition coefficient (Wildman–Crippen LogP) is 1.73. The minimum Gasteiger partial charge on any atom is -1.00 e. The minimum absolute atomic E-state index is 0. The van der Waals surface area contributed by atoms with Crippen LogP contribution >= 0.6 is 23.2 Å². The summed E-state index contributed by atoms with van der Waals surface area (Å²) >= 11 is 11.2. The Kier molecular flexibility index (Phi) is 11.7. The lowest BCUT2D eigenvalue weighted by molar-refractivity contribution is -0.973. The maximum absolute atomic E-state index is 12.2. The summed E-state index contributed by atoms with van der Waals surface area (Å²) in [4.78, 5) is 23.3. The van der Waals surface area contributed by atoms with Crippen LogP contribution in [0.3, 0.4) is 0 Å². The Balaban J connectivity index is 0.00000506. The Labute approximate surface area is 267 Å². The highest BCUT2D eigenvalue weighted by Gasteiger charge is 2.49. The maximum Gasteiger partial charge on any atom is 0.349 e. The van der Waals surface area contributed by atoms with Crippen molar-refractivity contribution in [3.05, 3.63) is 45.5 Å². The zero-order valence-corrected chi connectivity index (χ0v) is 27.3. The van der Waals surface area contributed by atoms with Gasteiger partial charge in [0.1, 0.15) is 17.6 Å². The highest BCUT2D eigenvalue weighted by atomic mass is 35.5. The van der Waals surface area contributed by atoms with Crippen LogP contribution in [0.25, 0.3) is 0 Å². The van der Waals surface area contributed by atoms with Crippen LogP contribution in [0, 0.1) is 0 Å². The molecule has 0 saturated heterocycles. The molecule has 0 saturated carbocycles. The number of nitrogens with zero attached hydrogens (tertiary/aromatic N) is 1. The SMILES string of the molecule is COc1cc2c(c(OC)c1OC)C[N+]1(CCCOC(=O)/C(Cl)=C/C(=O)Cl)CCc3cc(OC)c(OC)c(OC)c3[C@H]1C2.[Cl-]. The van der Waals surface area contributed by atoms with Gasteiger partial charge in [-0.15, -0.1) is 0 Å². The van der Waals surface area contributed by atoms with Gasteiger partial charge in [0.15, 0.2) is 23.0 Å². The Bertz CT molecular complexity index is 1400. The number of quaternary nitrogens is 1. The first-order chi connectivity index (χ1) is 20.2. The number of carbonyl (C=O) groups is 2. The zero-order valence-electron chi connectivity index (χ0n) is 25.0. The molecule has 0 aliphatic carbocycles. The second kappa shape index (κ2) is 14.6. The average Bonchev–Trinajstić information content (AvgIpc) is 2.99. The lowest BCUT2D eigenvalue weighted by Gasteiger charge is -2.52. The van der Waals surface area contributed by atoms with Crippen molar-refractivity contribution in [3.8, 4) is 34.5 Å². The van der Waals surface area contributed by atoms with Crippen LogP contribution < -0.4 is 40.8 Å². The summed E-state index contributed by atoms with van der Waals surface area (Å²) in [6.07, 6.45) is 2.79. The molecule has 0 spiro atoms. The molecule has 2 aromatic rings. The molecule has 0 bridgehead atoms. The van der Waals surface area contributed by atoms with Gasteiger partial charge in [-0.2, -0.15) is 0 Å². The minimum atomic E-state index is -0.848. The molecule has 0 fully saturated rings. The van der Waals surface area contributed by atoms with Crippen molar-refractivity contribution in [1.82, 2.24) is 0 Å². The zero-order chi connectivity index (χ0) is 30.6. The van der Waals surface area contributed by atoms with Crippen LogP contribution in [0.15, 0.2) is 23.2 Å². The third kappa shape index (κ3) is 6.57. The van der Waals surface area contributed by atoms with E-state index in [4.69, 9.17) is 56.4 Å². The summed E-state index contributed by atoms with van der Waals surface area (Å²) in [7, 11) is 9.67. The van der Waals surface area contributed by atoms with E-state index in [2.05, 4.69) is 0 Å². The number of ether oxygens (including phenoxy) is 7. The fourth-order valence-electron chi connectivity index (χ4n) is 6.32. The van der Waals surface area contributed by atoms with Gasteiger partial charge in [-0.25, -0.2) is 4.79 Å². The average molecular weight is 661 g/mol. The first kappa shape index (κ1) is 34.4. The van der Waals surface area contributed by atoms with Gasteiger partial charge in [-0.1, -0.05) is 11.6 Å². The van der Waals surface area contributed by atoms with E-state index in [0.29, 0.717) is 64.9 Å². The Morgan fingerprint density at radius 1 is 0.860 bits per heavy atom. The van der Waals surface area contributed by atoms with Gasteiger partial charge in [-0.3, -0.25) is 4.79 Å². The number of carbonyl (C=O) groups excluding carboxylic acids is 2. The van der Waals surface area contributed by atoms with Gasteiger partial charge in [0.05, 0.1) is 73.5 Å². The van der Waals surface area contributed by atoms with Gasteiger partial charge >= 0.3 is 5.97 Å². The van der Waals surface area contributed by atoms with Crippen LogP contribution in [-0.4, -0.2) is 78.0 Å². The number of esters is 1. The van der Waals surface area contributed by atoms with E-state index in [9.17, 15) is 9.59 Å². The van der Waals surface area contributed by atoms with E-state index in [-0.39, 0.29) is 30.1 Å². The summed E-state index contributed by atoms with van der Waals surface area (Å²) in [6.45, 7) is 2.22. The molecule has 13 heteroatoms. The molecule has 1 unspecified atom stereocenters. The summed E-state index contributed by atoms with van der Waals surface area (Å²) in [5, 5.41) is -1.21. The van der Waals surface area contributed by atoms with Crippen LogP contribution in [0.5, 0.6) is 34.5 Å². The highest BCUT2D eigenvalue weighted by Crippen LogP contribution is 2.55. The van der Waals surface area contributed by atoms with Crippen molar-refractivity contribution in [1.29, 1.82) is 0 Å². The topological polar surface area (TPSA) is 98.8 Å². The number of halogens is 3. The monoisotopic (exact) mass is 659 g/mol. The molecule has 2 aliphatic rings. The van der Waals surface area contributed by atoms with E-state index in [1.165, 1.54) is 0 Å². The lowest BCUT2D eigenvalue weighted by Crippen LogP contribution is -3.00. The van der Waals surface area contributed by atoms with Crippen molar-refractivity contribution in [2.75, 3.05) is 62.4 Å². The number of rotatable bonds is 12. The fourth-order valence-corrected chi connectivity index (χ4v) is 6.64. The Morgan fingerprint density at radius 2 is 1.44 bits per heavy atom. The number of allylic oxidation sites excluding steroid dienone is 1. The maximum atomic E-state index is 12.2. The van der Waals surface area contributed by atoms with E-state index in [1.807, 2.05) is 12.1 Å². The number of benzene rings is 2. The largest absolute Gasteiger partial charge is 1.00 e. The Hall–Kier alpha value is -3.05. The Morgan fingerprint density at radius 3 is 2.00 bits per heavy atom. The van der Waals surface area contributed by atoms with Crippen LogP contribution in [0.4, 0.5) is 0 Å². The molecule has 10 nitrogen and oxygen atoms in total. The molecule has 43 heavy (non-hydrogen) atoms. The first-order valence-electron chi connectivity index (χ1n) is 13.4. The number of fused-ring (bicyclic) bond motifs is 4. The first-order valence-corrected chi connectivity index (χ1v) is 14.2. The van der Waals surface area contributed by atoms with Gasteiger partial charge in [0.2, 0.25) is 16.7 Å². The molecule has 4 rings (SSSR count). The van der Waals surface area contributed by atoms with E-state index >= 15 is 0 Å². The summed E-state index contributed by atoms with van der Waals surface area (Å²) in [6, 6.07) is 4.02. The van der Waals surface area contributed by atoms with Crippen LogP contribution in [0.1, 0.15) is 34.7 Å². The van der Waals surface area contributed by atoms with E-state index in [0.717, 1.165) is 41.3 Å². The summed E-state index contributed by atoms with van der Waals surface area (Å²) in [5.74, 6) is 2.78. The van der Waals surface area contributed by atoms with E-state index in [1.54, 1.807) is 42.7 Å². The van der Waals surface area contributed by atoms with Gasteiger partial charge in [0, 0.05) is 25.3 Å². The van der Waals surface area contributed by atoms with Gasteiger partial charge in [0.25, 0.3) is 0 Å². The molecule has 2 heterocycles. The summed E-state index contributed by atoms with van der Waals surface area (Å²) in [5.41, 5.74) is 4.32. The normalized spacial score (nSPS) is 18.6. The highest BCUT2D eigenvalue weighted by molar-refractivity contribution is 6.67. The molecule has 0 radical (unpaired) electrons. The number of methoxy groups -OCH3 is 6. The molecule has 0 aromatic heterocycles. The standard InChI is InChI=1S/C30H36Cl2NO9.ClH/c1-36-22-13-17-8-10-33(9-7-11-42-30(35)20(31)15-24(32)34)16-19-18(14-23(37-2)27(39-4)26(19)38-3)12-21(33)25(17)29(41-6)28(22)40-5;/h13-15,21H,7-12,16H2,1-6H3;1H/q+1;/p-1/b20-15-;/t21-,33?;/m1./s1. The molecule has 2 atom stereocenters.